The molecule has 1 rings (SSSR count). The first kappa shape index (κ1) is 20.4. The summed E-state index contributed by atoms with van der Waals surface area (Å²) in [4.78, 5) is 16.7. The second kappa shape index (κ2) is 11.9. The Morgan fingerprint density at radius 1 is 0.870 bits per heavy atom. The summed E-state index contributed by atoms with van der Waals surface area (Å²) in [6.45, 7) is 13.4. The third kappa shape index (κ3) is 9.31. The predicted molar refractivity (Wildman–Crippen MR) is 96.7 cm³/mol. The van der Waals surface area contributed by atoms with Crippen LogP contribution in [0.15, 0.2) is 0 Å². The third-order valence-corrected chi connectivity index (χ3v) is 4.63. The zero-order valence-electron chi connectivity index (χ0n) is 15.9. The van der Waals surface area contributed by atoms with E-state index in [9.17, 15) is 4.79 Å². The minimum atomic E-state index is 0.350. The second-order valence-electron chi connectivity index (χ2n) is 7.30. The van der Waals surface area contributed by atoms with Crippen LogP contribution in [-0.4, -0.2) is 60.6 Å². The van der Waals surface area contributed by atoms with Crippen LogP contribution in [0, 0.1) is 0 Å². The standard InChI is InChI=1S/C19H38N2O2/c1-17(2)20-12-14-21(15-13-20)19(22)11-9-7-5-6-8-10-16-23-18(3)4/h17-18H,5-16H2,1-4H3. The number of hydrogen-bond donors (Lipinski definition) is 0. The molecule has 1 fully saturated rings. The van der Waals surface area contributed by atoms with Crippen molar-refractivity contribution in [3.8, 4) is 0 Å². The molecule has 0 atom stereocenters. The van der Waals surface area contributed by atoms with Gasteiger partial charge in [-0.25, -0.2) is 0 Å². The average molecular weight is 327 g/mol. The Balaban J connectivity index is 1.94. The van der Waals surface area contributed by atoms with E-state index < -0.39 is 0 Å². The van der Waals surface area contributed by atoms with Crippen LogP contribution in [0.5, 0.6) is 0 Å². The van der Waals surface area contributed by atoms with Gasteiger partial charge < -0.3 is 9.64 Å². The summed E-state index contributed by atoms with van der Waals surface area (Å²) in [6.07, 6.45) is 8.24. The quantitative estimate of drug-likeness (QED) is 0.543. The normalized spacial score (nSPS) is 16.5. The summed E-state index contributed by atoms with van der Waals surface area (Å²) >= 11 is 0. The number of piperazine rings is 1. The predicted octanol–water partition coefficient (Wildman–Crippen LogP) is 3.69. The molecule has 1 aliphatic rings. The fourth-order valence-corrected chi connectivity index (χ4v) is 3.05. The maximum atomic E-state index is 12.2. The first-order valence-electron chi connectivity index (χ1n) is 9.64. The number of rotatable bonds is 11. The third-order valence-electron chi connectivity index (χ3n) is 4.63. The zero-order chi connectivity index (χ0) is 17.1. The first-order valence-corrected chi connectivity index (χ1v) is 9.64. The van der Waals surface area contributed by atoms with Crippen molar-refractivity contribution < 1.29 is 9.53 Å². The lowest BCUT2D eigenvalue weighted by atomic mass is 10.1. The lowest BCUT2D eigenvalue weighted by Crippen LogP contribution is -2.50. The van der Waals surface area contributed by atoms with Crippen LogP contribution < -0.4 is 0 Å². The maximum absolute atomic E-state index is 12.2. The van der Waals surface area contributed by atoms with E-state index in [1.54, 1.807) is 0 Å². The molecule has 23 heavy (non-hydrogen) atoms. The minimum Gasteiger partial charge on any atom is -0.379 e. The summed E-state index contributed by atoms with van der Waals surface area (Å²) in [5.74, 6) is 0.360. The lowest BCUT2D eigenvalue weighted by Gasteiger charge is -2.37. The summed E-state index contributed by atoms with van der Waals surface area (Å²) < 4.78 is 5.54. The largest absolute Gasteiger partial charge is 0.379 e. The van der Waals surface area contributed by atoms with Gasteiger partial charge in [-0.05, 0) is 40.5 Å². The molecule has 0 unspecified atom stereocenters. The van der Waals surface area contributed by atoms with Gasteiger partial charge in [0.25, 0.3) is 0 Å². The van der Waals surface area contributed by atoms with Gasteiger partial charge in [-0.1, -0.05) is 25.7 Å². The van der Waals surface area contributed by atoms with E-state index in [0.29, 0.717) is 18.1 Å². The van der Waals surface area contributed by atoms with Crippen LogP contribution in [0.25, 0.3) is 0 Å². The fraction of sp³-hybridized carbons (Fsp3) is 0.947. The number of amides is 1. The van der Waals surface area contributed by atoms with Gasteiger partial charge in [0, 0.05) is 45.2 Å². The van der Waals surface area contributed by atoms with Crippen LogP contribution in [0.2, 0.25) is 0 Å². The molecule has 136 valence electrons. The van der Waals surface area contributed by atoms with Crippen molar-refractivity contribution in [3.05, 3.63) is 0 Å². The maximum Gasteiger partial charge on any atom is 0.222 e. The van der Waals surface area contributed by atoms with Crippen molar-refractivity contribution in [2.75, 3.05) is 32.8 Å². The minimum absolute atomic E-state index is 0.350. The first-order chi connectivity index (χ1) is 11.0. The number of ether oxygens (including phenoxy) is 1. The van der Waals surface area contributed by atoms with Gasteiger partial charge in [0.2, 0.25) is 5.91 Å². The number of hydrogen-bond acceptors (Lipinski definition) is 3. The lowest BCUT2D eigenvalue weighted by molar-refractivity contribution is -0.133. The summed E-state index contributed by atoms with van der Waals surface area (Å²) in [5.41, 5.74) is 0. The van der Waals surface area contributed by atoms with E-state index in [4.69, 9.17) is 4.74 Å². The van der Waals surface area contributed by atoms with E-state index in [2.05, 4.69) is 37.5 Å². The number of unbranched alkanes of at least 4 members (excludes halogenated alkanes) is 5. The van der Waals surface area contributed by atoms with E-state index in [1.165, 1.54) is 25.7 Å². The van der Waals surface area contributed by atoms with Crippen LogP contribution in [0.4, 0.5) is 0 Å². The Labute approximate surface area is 143 Å². The van der Waals surface area contributed by atoms with Gasteiger partial charge in [0.1, 0.15) is 0 Å². The smallest absolute Gasteiger partial charge is 0.222 e. The summed E-state index contributed by atoms with van der Waals surface area (Å²) in [7, 11) is 0. The molecule has 1 heterocycles. The number of carbonyl (C=O) groups is 1. The van der Waals surface area contributed by atoms with Crippen molar-refractivity contribution in [2.24, 2.45) is 0 Å². The van der Waals surface area contributed by atoms with Gasteiger partial charge in [-0.15, -0.1) is 0 Å². The summed E-state index contributed by atoms with van der Waals surface area (Å²) in [5, 5.41) is 0. The summed E-state index contributed by atoms with van der Waals surface area (Å²) in [6, 6.07) is 0.596. The molecule has 1 amide bonds. The Hall–Kier alpha value is -0.610. The van der Waals surface area contributed by atoms with Gasteiger partial charge in [0.15, 0.2) is 0 Å². The molecule has 4 heteroatoms. The van der Waals surface area contributed by atoms with Crippen LogP contribution >= 0.6 is 0 Å². The van der Waals surface area contributed by atoms with Crippen molar-refractivity contribution in [1.82, 2.24) is 9.80 Å². The molecular formula is C19H38N2O2. The molecule has 0 saturated carbocycles. The Kier molecular flexibility index (Phi) is 10.5. The molecule has 0 aromatic heterocycles. The van der Waals surface area contributed by atoms with Gasteiger partial charge in [0.05, 0.1) is 6.10 Å². The van der Waals surface area contributed by atoms with Crippen molar-refractivity contribution in [2.45, 2.75) is 84.8 Å². The highest BCUT2D eigenvalue weighted by atomic mass is 16.5. The molecule has 0 spiro atoms. The second-order valence-corrected chi connectivity index (χ2v) is 7.30. The molecule has 4 nitrogen and oxygen atoms in total. The molecule has 0 bridgehead atoms. The fourth-order valence-electron chi connectivity index (χ4n) is 3.05. The van der Waals surface area contributed by atoms with E-state index >= 15 is 0 Å². The van der Waals surface area contributed by atoms with Crippen LogP contribution in [0.1, 0.15) is 72.6 Å². The van der Waals surface area contributed by atoms with Gasteiger partial charge in [-0.3, -0.25) is 9.69 Å². The average Bonchev–Trinajstić information content (AvgIpc) is 2.52. The van der Waals surface area contributed by atoms with Gasteiger partial charge >= 0.3 is 0 Å². The van der Waals surface area contributed by atoms with Crippen molar-refractivity contribution in [3.63, 3.8) is 0 Å². The molecule has 0 aromatic carbocycles. The highest BCUT2D eigenvalue weighted by Crippen LogP contribution is 2.11. The SMILES string of the molecule is CC(C)OCCCCCCCCC(=O)N1CCN(C(C)C)CC1. The highest BCUT2D eigenvalue weighted by molar-refractivity contribution is 5.76. The molecule has 0 radical (unpaired) electrons. The molecule has 0 aromatic rings. The van der Waals surface area contributed by atoms with E-state index in [-0.39, 0.29) is 0 Å². The highest BCUT2D eigenvalue weighted by Gasteiger charge is 2.21. The Morgan fingerprint density at radius 3 is 2.00 bits per heavy atom. The molecule has 0 aliphatic carbocycles. The number of nitrogens with zero attached hydrogens (tertiary/aromatic N) is 2. The van der Waals surface area contributed by atoms with Crippen LogP contribution in [0.3, 0.4) is 0 Å². The Bertz CT molecular complexity index is 310. The monoisotopic (exact) mass is 326 g/mol. The van der Waals surface area contributed by atoms with Crippen LogP contribution in [-0.2, 0) is 9.53 Å². The van der Waals surface area contributed by atoms with Crippen molar-refractivity contribution >= 4 is 5.91 Å². The molecule has 1 aliphatic heterocycles. The molecular weight excluding hydrogens is 288 g/mol. The molecule has 0 N–H and O–H groups in total. The topological polar surface area (TPSA) is 32.8 Å². The van der Waals surface area contributed by atoms with E-state index in [0.717, 1.165) is 52.0 Å². The zero-order valence-corrected chi connectivity index (χ0v) is 15.9. The van der Waals surface area contributed by atoms with E-state index in [1.807, 2.05) is 0 Å². The Morgan fingerprint density at radius 2 is 1.43 bits per heavy atom. The van der Waals surface area contributed by atoms with Crippen molar-refractivity contribution in [1.29, 1.82) is 0 Å². The molecule has 1 saturated heterocycles. The number of carbonyl (C=O) groups excluding carboxylic acids is 1. The van der Waals surface area contributed by atoms with Gasteiger partial charge in [-0.2, -0.15) is 0 Å².